The van der Waals surface area contributed by atoms with Crippen molar-refractivity contribution in [3.8, 4) is 0 Å². The van der Waals surface area contributed by atoms with Gasteiger partial charge in [-0.1, -0.05) is 19.3 Å². The topological polar surface area (TPSA) is 105 Å². The number of carbonyl (C=O) groups excluding carboxylic acids is 2. The highest BCUT2D eigenvalue weighted by molar-refractivity contribution is 5.88. The summed E-state index contributed by atoms with van der Waals surface area (Å²) < 4.78 is 5.00. The van der Waals surface area contributed by atoms with E-state index in [1.165, 1.54) is 26.4 Å². The lowest BCUT2D eigenvalue weighted by molar-refractivity contribution is -0.140. The van der Waals surface area contributed by atoms with E-state index in [1.54, 1.807) is 13.8 Å². The normalized spacial score (nSPS) is 19.1. The van der Waals surface area contributed by atoms with Gasteiger partial charge in [0.2, 0.25) is 11.8 Å². The number of aliphatic carboxylic acids is 1. The summed E-state index contributed by atoms with van der Waals surface area (Å²) >= 11 is 0. The maximum atomic E-state index is 12.3. The second-order valence-corrected chi connectivity index (χ2v) is 7.05. The summed E-state index contributed by atoms with van der Waals surface area (Å²) in [5.74, 6) is -1.16. The van der Waals surface area contributed by atoms with Crippen molar-refractivity contribution in [2.24, 2.45) is 5.92 Å². The number of carboxylic acid groups (broad SMARTS) is 1. The predicted molar refractivity (Wildman–Crippen MR) is 89.5 cm³/mol. The number of hydrogen-bond donors (Lipinski definition) is 3. The Bertz CT molecular complexity index is 448. The summed E-state index contributed by atoms with van der Waals surface area (Å²) in [7, 11) is 1.45. The highest BCUT2D eigenvalue weighted by atomic mass is 16.5. The molecule has 24 heavy (non-hydrogen) atoms. The van der Waals surface area contributed by atoms with Crippen LogP contribution in [0.4, 0.5) is 0 Å². The Kier molecular flexibility index (Phi) is 8.18. The van der Waals surface area contributed by atoms with Gasteiger partial charge in [0.05, 0.1) is 18.6 Å². The number of methoxy groups -OCH3 is 1. The second kappa shape index (κ2) is 9.61. The highest BCUT2D eigenvalue weighted by Gasteiger charge is 2.31. The molecule has 0 aromatic heterocycles. The molecular weight excluding hydrogens is 312 g/mol. The lowest BCUT2D eigenvalue weighted by Crippen LogP contribution is -2.56. The molecule has 1 aliphatic rings. The van der Waals surface area contributed by atoms with E-state index in [4.69, 9.17) is 9.84 Å². The zero-order valence-electron chi connectivity index (χ0n) is 14.9. The van der Waals surface area contributed by atoms with Crippen LogP contribution in [0.2, 0.25) is 0 Å². The lowest BCUT2D eigenvalue weighted by atomic mass is 9.87. The van der Waals surface area contributed by atoms with Crippen molar-refractivity contribution in [3.05, 3.63) is 0 Å². The van der Waals surface area contributed by atoms with Crippen molar-refractivity contribution in [1.82, 2.24) is 10.6 Å². The minimum atomic E-state index is -1.02. The largest absolute Gasteiger partial charge is 0.481 e. The Morgan fingerprint density at radius 1 is 1.25 bits per heavy atom. The molecule has 2 unspecified atom stereocenters. The van der Waals surface area contributed by atoms with Crippen LogP contribution in [0.1, 0.15) is 58.8 Å². The number of carbonyl (C=O) groups is 3. The van der Waals surface area contributed by atoms with Gasteiger partial charge in [-0.15, -0.1) is 0 Å². The molecule has 1 rings (SSSR count). The van der Waals surface area contributed by atoms with Crippen LogP contribution in [0.3, 0.4) is 0 Å². The molecule has 1 saturated carbocycles. The quantitative estimate of drug-likeness (QED) is 0.588. The van der Waals surface area contributed by atoms with Crippen LogP contribution < -0.4 is 10.6 Å². The van der Waals surface area contributed by atoms with Crippen LogP contribution in [-0.4, -0.2) is 48.2 Å². The van der Waals surface area contributed by atoms with Crippen molar-refractivity contribution in [2.75, 3.05) is 13.7 Å². The van der Waals surface area contributed by atoms with Crippen molar-refractivity contribution in [2.45, 2.75) is 70.4 Å². The Labute approximate surface area is 143 Å². The number of amides is 2. The van der Waals surface area contributed by atoms with Gasteiger partial charge >= 0.3 is 5.97 Å². The van der Waals surface area contributed by atoms with Crippen LogP contribution in [0.5, 0.6) is 0 Å². The molecule has 0 heterocycles. The van der Waals surface area contributed by atoms with Gasteiger partial charge in [0.1, 0.15) is 6.04 Å². The summed E-state index contributed by atoms with van der Waals surface area (Å²) in [6.45, 7) is 3.29. The van der Waals surface area contributed by atoms with Gasteiger partial charge in [0, 0.05) is 13.5 Å². The molecule has 7 heteroatoms. The number of carboxylic acids is 1. The Balaban J connectivity index is 2.49. The molecule has 0 bridgehead atoms. The summed E-state index contributed by atoms with van der Waals surface area (Å²) in [6, 6.07) is -0.717. The van der Waals surface area contributed by atoms with Crippen molar-refractivity contribution < 1.29 is 24.2 Å². The van der Waals surface area contributed by atoms with Gasteiger partial charge in [0.25, 0.3) is 0 Å². The van der Waals surface area contributed by atoms with Crippen molar-refractivity contribution in [3.63, 3.8) is 0 Å². The van der Waals surface area contributed by atoms with Gasteiger partial charge in [-0.05, 0) is 32.6 Å². The molecule has 0 aliphatic heterocycles. The van der Waals surface area contributed by atoms with E-state index in [9.17, 15) is 14.4 Å². The maximum absolute atomic E-state index is 12.3. The average Bonchev–Trinajstić information content (AvgIpc) is 2.46. The fourth-order valence-corrected chi connectivity index (χ4v) is 3.21. The lowest BCUT2D eigenvalue weighted by Gasteiger charge is -2.30. The van der Waals surface area contributed by atoms with Crippen LogP contribution in [0.25, 0.3) is 0 Å². The first-order chi connectivity index (χ1) is 11.3. The van der Waals surface area contributed by atoms with E-state index >= 15 is 0 Å². The molecule has 0 aromatic rings. The van der Waals surface area contributed by atoms with Crippen LogP contribution in [0, 0.1) is 5.92 Å². The molecule has 1 aliphatic carbocycles. The van der Waals surface area contributed by atoms with E-state index in [2.05, 4.69) is 10.6 Å². The smallest absolute Gasteiger partial charge is 0.305 e. The first kappa shape index (κ1) is 20.4. The molecule has 3 N–H and O–H groups in total. The minimum Gasteiger partial charge on any atom is -0.481 e. The third kappa shape index (κ3) is 7.29. The van der Waals surface area contributed by atoms with E-state index in [-0.39, 0.29) is 18.9 Å². The third-order valence-electron chi connectivity index (χ3n) is 4.40. The molecule has 7 nitrogen and oxygen atoms in total. The fourth-order valence-electron chi connectivity index (χ4n) is 3.21. The summed E-state index contributed by atoms with van der Waals surface area (Å²) in [4.78, 5) is 35.3. The fraction of sp³-hybridized carbons (Fsp3) is 0.824. The monoisotopic (exact) mass is 342 g/mol. The molecule has 0 spiro atoms. The first-order valence-corrected chi connectivity index (χ1v) is 8.58. The summed E-state index contributed by atoms with van der Waals surface area (Å²) in [5, 5.41) is 14.4. The third-order valence-corrected chi connectivity index (χ3v) is 4.40. The molecule has 0 aromatic carbocycles. The average molecular weight is 342 g/mol. The van der Waals surface area contributed by atoms with Gasteiger partial charge < -0.3 is 20.5 Å². The first-order valence-electron chi connectivity index (χ1n) is 8.58. The van der Waals surface area contributed by atoms with Crippen molar-refractivity contribution >= 4 is 17.8 Å². The molecule has 138 valence electrons. The molecule has 2 atom stereocenters. The predicted octanol–water partition coefficient (Wildman–Crippen LogP) is 1.46. The maximum Gasteiger partial charge on any atom is 0.305 e. The molecule has 0 saturated heterocycles. The Morgan fingerprint density at radius 2 is 1.88 bits per heavy atom. The molecule has 2 amide bonds. The summed E-state index contributed by atoms with van der Waals surface area (Å²) in [6.07, 6.45) is 5.89. The molecule has 1 fully saturated rings. The zero-order chi connectivity index (χ0) is 18.2. The van der Waals surface area contributed by atoms with Gasteiger partial charge in [-0.2, -0.15) is 0 Å². The Hall–Kier alpha value is -1.63. The highest BCUT2D eigenvalue weighted by Crippen LogP contribution is 2.26. The molecular formula is C17H30N2O5. The Morgan fingerprint density at radius 3 is 2.42 bits per heavy atom. The number of ether oxygens (including phenoxy) is 1. The van der Waals surface area contributed by atoms with E-state index in [0.29, 0.717) is 12.3 Å². The van der Waals surface area contributed by atoms with E-state index in [0.717, 1.165) is 12.8 Å². The standard InChI is InChI=1S/C17H30N2O5/c1-12(18-14(20)9-13-7-5-4-6-8-13)16(23)19-17(2,11-24-3)10-15(21)22/h12-13H,4-11H2,1-3H3,(H,18,20)(H,19,23)(H,21,22). The molecule has 0 radical (unpaired) electrons. The van der Waals surface area contributed by atoms with Crippen LogP contribution in [0.15, 0.2) is 0 Å². The van der Waals surface area contributed by atoms with Crippen molar-refractivity contribution in [1.29, 1.82) is 0 Å². The zero-order valence-corrected chi connectivity index (χ0v) is 14.9. The number of rotatable bonds is 9. The second-order valence-electron chi connectivity index (χ2n) is 7.05. The SMILES string of the molecule is COCC(C)(CC(=O)O)NC(=O)C(C)NC(=O)CC1CCCCC1. The van der Waals surface area contributed by atoms with Crippen LogP contribution in [-0.2, 0) is 19.1 Å². The number of nitrogens with one attached hydrogen (secondary N) is 2. The van der Waals surface area contributed by atoms with Gasteiger partial charge in [-0.3, -0.25) is 14.4 Å². The number of hydrogen-bond acceptors (Lipinski definition) is 4. The summed E-state index contributed by atoms with van der Waals surface area (Å²) in [5.41, 5.74) is -1.01. The minimum absolute atomic E-state index is 0.0772. The van der Waals surface area contributed by atoms with Crippen LogP contribution >= 0.6 is 0 Å². The van der Waals surface area contributed by atoms with E-state index < -0.39 is 23.5 Å². The van der Waals surface area contributed by atoms with E-state index in [1.807, 2.05) is 0 Å². The van der Waals surface area contributed by atoms with Gasteiger partial charge in [0.15, 0.2) is 0 Å². The van der Waals surface area contributed by atoms with Gasteiger partial charge in [-0.25, -0.2) is 0 Å².